The number of rotatable bonds is 94. The minimum Gasteiger partial charge on any atom is -0.491 e. The molecule has 0 atom stereocenters. The molecule has 36 heteroatoms. The second-order valence-electron chi connectivity index (χ2n) is 28.7. The molecule has 0 aliphatic heterocycles. The summed E-state index contributed by atoms with van der Waals surface area (Å²) < 4.78 is 210. The maximum absolute atomic E-state index is 6.80. The van der Waals surface area contributed by atoms with E-state index in [1.165, 1.54) is 0 Å². The van der Waals surface area contributed by atoms with Gasteiger partial charge in [-0.2, -0.15) is 0 Å². The van der Waals surface area contributed by atoms with Crippen LogP contribution < -0.4 is 56.8 Å². The molecule has 0 N–H and O–H groups in total. The maximum Gasteiger partial charge on any atom is 0.124 e. The van der Waals surface area contributed by atoms with Crippen LogP contribution in [0.5, 0.6) is 69.0 Å². The van der Waals surface area contributed by atoms with Crippen molar-refractivity contribution in [1.29, 1.82) is 0 Å². The fourth-order valence-corrected chi connectivity index (χ4v) is 11.6. The summed E-state index contributed by atoms with van der Waals surface area (Å²) in [7, 11) is 13.0. The second kappa shape index (κ2) is 80.8. The fraction of sp³-hybridized carbons (Fsp3) is 0.612. The molecule has 756 valence electrons. The largest absolute Gasteiger partial charge is 0.491 e. The summed E-state index contributed by atoms with van der Waals surface area (Å²) in [5.41, 5.74) is 4.37. The molecule has 6 aromatic rings. The van der Waals surface area contributed by atoms with Gasteiger partial charge >= 0.3 is 0 Å². The van der Waals surface area contributed by atoms with Crippen molar-refractivity contribution >= 4 is 12.2 Å². The lowest BCUT2D eigenvalue weighted by Gasteiger charge is -2.16. The second-order valence-corrected chi connectivity index (χ2v) is 28.7. The highest BCUT2D eigenvalue weighted by Gasteiger charge is 2.16. The molecule has 0 unspecified atom stereocenters. The quantitative estimate of drug-likeness (QED) is 0.0253. The molecule has 0 radical (unpaired) electrons. The van der Waals surface area contributed by atoms with Crippen molar-refractivity contribution in [2.45, 2.75) is 26.4 Å². The average Bonchev–Trinajstić information content (AvgIpc) is 0.839. The first-order chi connectivity index (χ1) is 66.2. The van der Waals surface area contributed by atoms with Crippen LogP contribution in [0.25, 0.3) is 12.2 Å². The lowest BCUT2D eigenvalue weighted by molar-refractivity contribution is 0.0174. The van der Waals surface area contributed by atoms with Crippen LogP contribution in [0, 0.1) is 0 Å². The zero-order valence-electron chi connectivity index (χ0n) is 80.0. The van der Waals surface area contributed by atoms with Gasteiger partial charge in [0.2, 0.25) is 0 Å². The lowest BCUT2D eigenvalue weighted by atomic mass is 10.1. The van der Waals surface area contributed by atoms with Crippen molar-refractivity contribution in [1.82, 2.24) is 0 Å². The molecule has 36 nitrogen and oxygen atoms in total. The van der Waals surface area contributed by atoms with Gasteiger partial charge in [-0.25, -0.2) is 0 Å². The van der Waals surface area contributed by atoms with E-state index in [4.69, 9.17) is 171 Å². The van der Waals surface area contributed by atoms with Crippen LogP contribution in [-0.4, -0.2) is 374 Å². The van der Waals surface area contributed by atoms with Crippen molar-refractivity contribution in [2.24, 2.45) is 0 Å². The molecule has 134 heavy (non-hydrogen) atoms. The molecule has 6 rings (SSSR count). The summed E-state index contributed by atoms with van der Waals surface area (Å²) in [6.07, 6.45) is 3.91. The molecule has 0 aliphatic carbocycles. The van der Waals surface area contributed by atoms with Crippen LogP contribution in [0.2, 0.25) is 0 Å². The van der Waals surface area contributed by atoms with Gasteiger partial charge in [0.15, 0.2) is 0 Å². The van der Waals surface area contributed by atoms with Gasteiger partial charge in [-0.15, -0.1) is 0 Å². The van der Waals surface area contributed by atoms with Crippen LogP contribution >= 0.6 is 0 Å². The Morgan fingerprint density at radius 2 is 0.239 bits per heavy atom. The Kier molecular flexibility index (Phi) is 69.0. The summed E-state index contributed by atoms with van der Waals surface area (Å²) in [6.45, 7) is 18.9. The predicted molar refractivity (Wildman–Crippen MR) is 497 cm³/mol. The van der Waals surface area contributed by atoms with Crippen molar-refractivity contribution in [3.63, 3.8) is 0 Å². The van der Waals surface area contributed by atoms with Crippen LogP contribution in [0.3, 0.4) is 0 Å². The van der Waals surface area contributed by atoms with Gasteiger partial charge in [-0.05, 0) is 106 Å². The third-order valence-corrected chi connectivity index (χ3v) is 18.1. The number of hydrogen-bond donors (Lipinski definition) is 0. The van der Waals surface area contributed by atoms with Gasteiger partial charge in [0.05, 0.1) is 264 Å². The number of hydrogen-bond acceptors (Lipinski definition) is 36. The first-order valence-electron chi connectivity index (χ1n) is 45.4. The highest BCUT2D eigenvalue weighted by molar-refractivity contribution is 5.72. The van der Waals surface area contributed by atoms with Gasteiger partial charge in [-0.3, -0.25) is 0 Å². The van der Waals surface area contributed by atoms with E-state index in [0.717, 1.165) is 22.3 Å². The fourth-order valence-electron chi connectivity index (χ4n) is 11.6. The van der Waals surface area contributed by atoms with Crippen LogP contribution in [0.15, 0.2) is 109 Å². The van der Waals surface area contributed by atoms with Crippen molar-refractivity contribution in [2.75, 3.05) is 374 Å². The molecule has 0 aromatic heterocycles. The molecular weight excluding hydrogens is 1750 g/mol. The summed E-state index contributed by atoms with van der Waals surface area (Å²) in [5.74, 6) is 6.19. The standard InChI is InChI=1S/C98H148O36/c1-99-11-19-107-27-35-115-43-51-123-87-63-83(64-88(71-87)124-52-44-116-36-28-108-20-12-100-2)77-131-95-59-81(60-96(75-95)132-78-84-65-89(125-53-45-117-37-29-109-21-13-101-3)72-90(66-84)126-54-46-118-38-30-110-22-14-102-4)9-10-82-61-97(133-79-85-67-91(127-55-47-119-39-31-111-23-15-103-5)73-92(68-85)128-56-48-120-40-32-112-24-16-104-6)76-98(62-82)134-80-86-69-93(129-57-49-121-41-33-113-25-17-105-7)74-94(70-86)130-58-50-122-42-34-114-26-18-106-8/h9-10,59-76H,11-58,77-80H2,1-8H3/b10-9+. The van der Waals surface area contributed by atoms with Gasteiger partial charge < -0.3 is 171 Å². The number of benzene rings is 6. The Labute approximate surface area is 791 Å². The lowest BCUT2D eigenvalue weighted by Crippen LogP contribution is -2.13. The van der Waals surface area contributed by atoms with Crippen molar-refractivity contribution in [3.05, 3.63) is 143 Å². The molecule has 0 saturated heterocycles. The summed E-state index contributed by atoms with van der Waals surface area (Å²) in [6, 6.07) is 33.8. The van der Waals surface area contributed by atoms with E-state index in [2.05, 4.69) is 0 Å². The zero-order chi connectivity index (χ0) is 94.8. The van der Waals surface area contributed by atoms with E-state index in [1.54, 1.807) is 56.9 Å². The predicted octanol–water partition coefficient (Wildman–Crippen LogP) is 10.6. The monoisotopic (exact) mass is 1900 g/mol. The SMILES string of the molecule is COCCOCCOCCOc1cc(COc2cc(/C=C/c3cc(OCc4cc(OCCOCCOCCOC)cc(OCCOCCOCCOC)c4)cc(OCc4cc(OCCOCCOCCOC)cc(OCCOCCOCCOC)c4)c3)cc(OCc3cc(OCCOCCOCCOC)cc(OCCOCCOCCOC)c3)c2)cc(OCCOCCOCCOC)c1. The minimum absolute atomic E-state index is 0.0759. The van der Waals surface area contributed by atoms with Crippen molar-refractivity contribution in [3.8, 4) is 69.0 Å². The molecule has 0 fully saturated rings. The molecule has 0 aliphatic rings. The Balaban J connectivity index is 1.39. The highest BCUT2D eigenvalue weighted by Crippen LogP contribution is 2.34. The molecule has 0 spiro atoms. The molecular formula is C98H148O36. The van der Waals surface area contributed by atoms with E-state index in [-0.39, 0.29) is 79.3 Å². The van der Waals surface area contributed by atoms with E-state index < -0.39 is 0 Å². The Bertz CT molecular complexity index is 3200. The van der Waals surface area contributed by atoms with E-state index in [9.17, 15) is 0 Å². The third-order valence-electron chi connectivity index (χ3n) is 18.1. The van der Waals surface area contributed by atoms with Gasteiger partial charge in [-0.1, -0.05) is 12.2 Å². The van der Waals surface area contributed by atoms with E-state index in [0.29, 0.717) is 344 Å². The Hall–Kier alpha value is -8.30. The summed E-state index contributed by atoms with van der Waals surface area (Å²) >= 11 is 0. The van der Waals surface area contributed by atoms with Gasteiger partial charge in [0, 0.05) is 93.3 Å². The highest BCUT2D eigenvalue weighted by atomic mass is 16.6. The van der Waals surface area contributed by atoms with E-state index in [1.807, 2.05) is 121 Å². The van der Waals surface area contributed by atoms with E-state index >= 15 is 0 Å². The average molecular weight is 1900 g/mol. The number of ether oxygens (including phenoxy) is 36. The Morgan fingerprint density at radius 1 is 0.127 bits per heavy atom. The van der Waals surface area contributed by atoms with Crippen molar-refractivity contribution < 1.29 is 171 Å². The summed E-state index contributed by atoms with van der Waals surface area (Å²) in [5, 5.41) is 0. The molecule has 0 amide bonds. The molecule has 0 bridgehead atoms. The zero-order valence-corrected chi connectivity index (χ0v) is 80.0. The maximum atomic E-state index is 6.80. The first-order valence-corrected chi connectivity index (χ1v) is 45.4. The van der Waals surface area contributed by atoms with Gasteiger partial charge in [0.1, 0.15) is 148 Å². The van der Waals surface area contributed by atoms with Crippen LogP contribution in [0.4, 0.5) is 0 Å². The topological polar surface area (TPSA) is 332 Å². The molecule has 6 aromatic carbocycles. The molecule has 0 heterocycles. The normalized spacial score (nSPS) is 11.4. The number of methoxy groups -OCH3 is 8. The molecule has 0 saturated carbocycles. The van der Waals surface area contributed by atoms with Crippen LogP contribution in [-0.2, 0) is 140 Å². The first kappa shape index (κ1) is 114. The minimum atomic E-state index is 0.0759. The Morgan fingerprint density at radius 3 is 0.366 bits per heavy atom. The summed E-state index contributed by atoms with van der Waals surface area (Å²) in [4.78, 5) is 0. The van der Waals surface area contributed by atoms with Gasteiger partial charge in [0.25, 0.3) is 0 Å². The van der Waals surface area contributed by atoms with Crippen LogP contribution in [0.1, 0.15) is 33.4 Å². The third kappa shape index (κ3) is 59.6. The smallest absolute Gasteiger partial charge is 0.124 e.